The molecule has 11 heavy (non-hydrogen) atoms. The summed E-state index contributed by atoms with van der Waals surface area (Å²) >= 11 is 0. The van der Waals surface area contributed by atoms with Gasteiger partial charge in [0.1, 0.15) is 0 Å². The Balaban J connectivity index is 3.08. The van der Waals surface area contributed by atoms with E-state index < -0.39 is 0 Å². The zero-order chi connectivity index (χ0) is 7.84. The summed E-state index contributed by atoms with van der Waals surface area (Å²) in [4.78, 5) is 11.0. The lowest BCUT2D eigenvalue weighted by atomic mass is 10.1. The summed E-state index contributed by atoms with van der Waals surface area (Å²) in [7, 11) is 0. The topological polar surface area (TPSA) is 46.0 Å². The van der Waals surface area contributed by atoms with E-state index >= 15 is 0 Å². The fourth-order valence-electron chi connectivity index (χ4n) is 1.18. The third-order valence-corrected chi connectivity index (χ3v) is 1.73. The van der Waals surface area contributed by atoms with E-state index in [9.17, 15) is 4.79 Å². The highest BCUT2D eigenvalue weighted by Crippen LogP contribution is 2.10. The maximum absolute atomic E-state index is 11.0. The summed E-state index contributed by atoms with van der Waals surface area (Å²) in [5, 5.41) is 3.19. The van der Waals surface area contributed by atoms with E-state index in [1.54, 1.807) is 0 Å². The lowest BCUT2D eigenvalue weighted by Crippen LogP contribution is -1.92. The van der Waals surface area contributed by atoms with Gasteiger partial charge in [-0.15, -0.1) is 0 Å². The molecule has 0 aliphatic rings. The highest BCUT2D eigenvalue weighted by molar-refractivity contribution is 5.80. The number of H-pyrrole nitrogens is 1. The van der Waals surface area contributed by atoms with Crippen molar-refractivity contribution in [2.75, 3.05) is 0 Å². The van der Waals surface area contributed by atoms with E-state index in [4.69, 9.17) is 0 Å². The maximum atomic E-state index is 11.0. The summed E-state index contributed by atoms with van der Waals surface area (Å²) in [5.74, 6) is 0. The number of benzene rings is 1. The van der Waals surface area contributed by atoms with Gasteiger partial charge in [-0.2, -0.15) is 0 Å². The summed E-state index contributed by atoms with van der Waals surface area (Å²) in [5.41, 5.74) is 1.41. The molecule has 1 aromatic heterocycles. The maximum Gasteiger partial charge on any atom is 0.365 e. The number of fused-ring (bicyclic) bond motifs is 1. The summed E-state index contributed by atoms with van der Waals surface area (Å²) in [6.45, 7) is 1.88. The molecule has 2 aromatic rings. The van der Waals surface area contributed by atoms with Gasteiger partial charge in [-0.05, 0) is 18.6 Å². The second kappa shape index (κ2) is 1.99. The first-order valence-electron chi connectivity index (χ1n) is 3.36. The first kappa shape index (κ1) is 6.22. The van der Waals surface area contributed by atoms with Crippen LogP contribution < -0.4 is 5.63 Å². The highest BCUT2D eigenvalue weighted by Gasteiger charge is 2.03. The Morgan fingerprint density at radius 2 is 2.27 bits per heavy atom. The predicted molar refractivity (Wildman–Crippen MR) is 41.6 cm³/mol. The average Bonchev–Trinajstić information content (AvgIpc) is 2.34. The third-order valence-electron chi connectivity index (χ3n) is 1.73. The van der Waals surface area contributed by atoms with E-state index in [1.807, 2.05) is 25.1 Å². The molecule has 0 amide bonds. The largest absolute Gasteiger partial charge is 0.365 e. The van der Waals surface area contributed by atoms with Crippen LogP contribution in [0.3, 0.4) is 0 Å². The second-order valence-electron chi connectivity index (χ2n) is 2.49. The van der Waals surface area contributed by atoms with Crippen molar-refractivity contribution in [2.45, 2.75) is 6.92 Å². The second-order valence-corrected chi connectivity index (χ2v) is 2.49. The molecule has 0 atom stereocenters. The fraction of sp³-hybridized carbons (Fsp3) is 0.125. The zero-order valence-electron chi connectivity index (χ0n) is 6.05. The summed E-state index contributed by atoms with van der Waals surface area (Å²) in [6, 6.07) is 5.57. The van der Waals surface area contributed by atoms with Crippen molar-refractivity contribution in [3.8, 4) is 0 Å². The molecule has 0 fully saturated rings. The predicted octanol–water partition coefficient (Wildman–Crippen LogP) is 1.43. The van der Waals surface area contributed by atoms with Gasteiger partial charge in [0.15, 0.2) is 0 Å². The molecule has 3 heteroatoms. The van der Waals surface area contributed by atoms with Crippen LogP contribution in [0.4, 0.5) is 0 Å². The number of aromatic amines is 1. The van der Waals surface area contributed by atoms with E-state index in [2.05, 4.69) is 9.68 Å². The van der Waals surface area contributed by atoms with Gasteiger partial charge in [0.25, 0.3) is 0 Å². The van der Waals surface area contributed by atoms with Crippen LogP contribution in [0.1, 0.15) is 5.56 Å². The number of hydrogen-bond acceptors (Lipinski definition) is 2. The monoisotopic (exact) mass is 149 g/mol. The van der Waals surface area contributed by atoms with Crippen LogP contribution in [0.15, 0.2) is 27.5 Å². The minimum Gasteiger partial charge on any atom is -0.338 e. The molecule has 56 valence electrons. The van der Waals surface area contributed by atoms with E-state index in [1.165, 1.54) is 0 Å². The van der Waals surface area contributed by atoms with Gasteiger partial charge in [0.05, 0.1) is 10.9 Å². The molecule has 0 aliphatic carbocycles. The molecule has 2 rings (SSSR count). The lowest BCUT2D eigenvalue weighted by molar-refractivity contribution is 0.400. The van der Waals surface area contributed by atoms with Gasteiger partial charge in [-0.1, -0.05) is 12.1 Å². The Bertz CT molecular complexity index is 439. The Kier molecular flexibility index (Phi) is 1.12. The van der Waals surface area contributed by atoms with E-state index in [-0.39, 0.29) is 5.63 Å². The molecule has 0 unspecified atom stereocenters. The normalized spacial score (nSPS) is 10.6. The molecular weight excluding hydrogens is 142 g/mol. The molecular formula is C8H7NO2. The third kappa shape index (κ3) is 0.774. The molecule has 0 radical (unpaired) electrons. The van der Waals surface area contributed by atoms with Gasteiger partial charge < -0.3 is 4.52 Å². The summed E-state index contributed by atoms with van der Waals surface area (Å²) in [6.07, 6.45) is 0. The van der Waals surface area contributed by atoms with Crippen LogP contribution in [0.2, 0.25) is 0 Å². The zero-order valence-corrected chi connectivity index (χ0v) is 6.05. The van der Waals surface area contributed by atoms with Gasteiger partial charge >= 0.3 is 5.63 Å². The SMILES string of the molecule is Cc1cccc2[nH]oc(=O)c12. The quantitative estimate of drug-likeness (QED) is 0.615. The van der Waals surface area contributed by atoms with Gasteiger partial charge in [-0.25, -0.2) is 9.95 Å². The van der Waals surface area contributed by atoms with Crippen LogP contribution in [-0.2, 0) is 0 Å². The average molecular weight is 149 g/mol. The number of nitrogens with one attached hydrogen (secondary N) is 1. The highest BCUT2D eigenvalue weighted by atomic mass is 16.5. The molecule has 0 spiro atoms. The number of aromatic nitrogens is 1. The van der Waals surface area contributed by atoms with Crippen molar-refractivity contribution in [3.05, 3.63) is 34.2 Å². The minimum atomic E-state index is -0.293. The smallest absolute Gasteiger partial charge is 0.338 e. The lowest BCUT2D eigenvalue weighted by Gasteiger charge is -1.88. The Morgan fingerprint density at radius 1 is 1.45 bits per heavy atom. The van der Waals surface area contributed by atoms with Crippen molar-refractivity contribution < 1.29 is 4.52 Å². The molecule has 0 saturated carbocycles. The number of rotatable bonds is 0. The molecule has 0 bridgehead atoms. The molecule has 1 N–H and O–H groups in total. The first-order valence-corrected chi connectivity index (χ1v) is 3.36. The van der Waals surface area contributed by atoms with Gasteiger partial charge in [-0.3, -0.25) is 0 Å². The van der Waals surface area contributed by atoms with Gasteiger partial charge in [0.2, 0.25) is 0 Å². The van der Waals surface area contributed by atoms with Gasteiger partial charge in [0, 0.05) is 0 Å². The Hall–Kier alpha value is -1.51. The Morgan fingerprint density at radius 3 is 3.00 bits per heavy atom. The molecule has 3 nitrogen and oxygen atoms in total. The molecule has 0 aliphatic heterocycles. The summed E-state index contributed by atoms with van der Waals surface area (Å²) < 4.78 is 4.62. The van der Waals surface area contributed by atoms with Crippen LogP contribution >= 0.6 is 0 Å². The number of aryl methyl sites for hydroxylation is 1. The van der Waals surface area contributed by atoms with Crippen molar-refractivity contribution >= 4 is 10.9 Å². The van der Waals surface area contributed by atoms with E-state index in [0.717, 1.165) is 11.1 Å². The van der Waals surface area contributed by atoms with Crippen molar-refractivity contribution in [1.82, 2.24) is 5.16 Å². The van der Waals surface area contributed by atoms with Crippen molar-refractivity contribution in [3.63, 3.8) is 0 Å². The Labute approximate surface area is 62.6 Å². The van der Waals surface area contributed by atoms with Crippen molar-refractivity contribution in [1.29, 1.82) is 0 Å². The fourth-order valence-corrected chi connectivity index (χ4v) is 1.18. The van der Waals surface area contributed by atoms with Crippen LogP contribution in [0.25, 0.3) is 10.9 Å². The van der Waals surface area contributed by atoms with Crippen molar-refractivity contribution in [2.24, 2.45) is 0 Å². The van der Waals surface area contributed by atoms with Crippen LogP contribution in [-0.4, -0.2) is 5.16 Å². The molecule has 0 saturated heterocycles. The van der Waals surface area contributed by atoms with Crippen LogP contribution in [0.5, 0.6) is 0 Å². The van der Waals surface area contributed by atoms with E-state index in [0.29, 0.717) is 5.39 Å². The number of hydrogen-bond donors (Lipinski definition) is 1. The molecule has 1 heterocycles. The van der Waals surface area contributed by atoms with Crippen LogP contribution in [0, 0.1) is 6.92 Å². The first-order chi connectivity index (χ1) is 5.29. The molecule has 1 aromatic carbocycles. The minimum absolute atomic E-state index is 0.293. The standard InChI is InChI=1S/C8H7NO2/c1-5-3-2-4-6-7(5)8(10)11-9-6/h2-4,9H,1H3.